The van der Waals surface area contributed by atoms with Crippen LogP contribution < -0.4 is 4.57 Å². The molecule has 0 saturated carbocycles. The fourth-order valence-electron chi connectivity index (χ4n) is 3.22. The van der Waals surface area contributed by atoms with E-state index in [0.29, 0.717) is 31.0 Å². The van der Waals surface area contributed by atoms with Crippen LogP contribution in [0.15, 0.2) is 58.7 Å². The van der Waals surface area contributed by atoms with Crippen molar-refractivity contribution in [1.82, 2.24) is 0 Å². The molecule has 0 aliphatic carbocycles. The van der Waals surface area contributed by atoms with E-state index in [4.69, 9.17) is 13.7 Å². The number of aromatic nitrogens is 1. The van der Waals surface area contributed by atoms with Crippen molar-refractivity contribution in [2.45, 2.75) is 33.2 Å². The molecule has 0 unspecified atom stereocenters. The molecule has 6 nitrogen and oxygen atoms in total. The Labute approximate surface area is 171 Å². The van der Waals surface area contributed by atoms with Crippen molar-refractivity contribution in [2.75, 3.05) is 12.4 Å². The highest BCUT2D eigenvalue weighted by molar-refractivity contribution is 7.85. The lowest BCUT2D eigenvalue weighted by Crippen LogP contribution is -2.36. The number of rotatable bonds is 9. The molecule has 2 aromatic carbocycles. The molecule has 1 aromatic heterocycles. The van der Waals surface area contributed by atoms with E-state index in [0.717, 1.165) is 22.4 Å². The normalized spacial score (nSPS) is 12.4. The van der Waals surface area contributed by atoms with Crippen molar-refractivity contribution in [3.63, 3.8) is 0 Å². The van der Waals surface area contributed by atoms with Crippen LogP contribution in [0.5, 0.6) is 0 Å². The Morgan fingerprint density at radius 2 is 1.90 bits per heavy atom. The van der Waals surface area contributed by atoms with Gasteiger partial charge in [-0.05, 0) is 24.1 Å². The molecular weight excluding hydrogens is 390 g/mol. The Kier molecular flexibility index (Phi) is 6.71. The third kappa shape index (κ3) is 5.46. The van der Waals surface area contributed by atoms with Crippen molar-refractivity contribution in [3.05, 3.63) is 60.2 Å². The lowest BCUT2D eigenvalue weighted by molar-refractivity contribution is -0.677. The molecule has 29 heavy (non-hydrogen) atoms. The van der Waals surface area contributed by atoms with Gasteiger partial charge in [-0.25, -0.2) is 0 Å². The molecule has 0 fully saturated rings. The zero-order valence-corrected chi connectivity index (χ0v) is 17.5. The first-order valence-electron chi connectivity index (χ1n) is 9.71. The van der Waals surface area contributed by atoms with Crippen LogP contribution >= 0.6 is 0 Å². The molecule has 0 atom stereocenters. The predicted molar refractivity (Wildman–Crippen MR) is 113 cm³/mol. The number of hydrogen-bond acceptors (Lipinski definition) is 4. The van der Waals surface area contributed by atoms with Crippen LogP contribution in [-0.4, -0.2) is 25.3 Å². The summed E-state index contributed by atoms with van der Waals surface area (Å²) in [4.78, 5) is 0. The molecule has 3 rings (SSSR count). The summed E-state index contributed by atoms with van der Waals surface area (Å²) in [6.07, 6.45) is 2.83. The molecule has 0 aliphatic rings. The molecule has 1 heterocycles. The summed E-state index contributed by atoms with van der Waals surface area (Å²) in [5, 5.41) is 0. The first-order chi connectivity index (χ1) is 13.9. The van der Waals surface area contributed by atoms with Crippen LogP contribution in [0.2, 0.25) is 0 Å². The second-order valence-electron chi connectivity index (χ2n) is 6.68. The van der Waals surface area contributed by atoms with Gasteiger partial charge in [-0.2, -0.15) is 13.0 Å². The Hall–Kier alpha value is -2.64. The van der Waals surface area contributed by atoms with Gasteiger partial charge in [-0.1, -0.05) is 43.3 Å². The van der Waals surface area contributed by atoms with Crippen LogP contribution in [-0.2, 0) is 21.4 Å². The molecule has 154 valence electrons. The molecule has 3 aromatic rings. The maximum Gasteiger partial charge on any atom is 0.377 e. The maximum atomic E-state index is 11.1. The number of aryl methyl sites for hydroxylation is 1. The van der Waals surface area contributed by atoms with E-state index < -0.39 is 10.1 Å². The van der Waals surface area contributed by atoms with Gasteiger partial charge < -0.3 is 9.15 Å². The van der Waals surface area contributed by atoms with Gasteiger partial charge in [0.2, 0.25) is 5.58 Å². The summed E-state index contributed by atoms with van der Waals surface area (Å²) in [5.41, 5.74) is 3.69. The first kappa shape index (κ1) is 21.1. The molecule has 0 saturated heterocycles. The zero-order valence-electron chi connectivity index (χ0n) is 16.7. The van der Waals surface area contributed by atoms with Crippen molar-refractivity contribution >= 4 is 27.3 Å². The number of hydrogen-bond donors (Lipinski definition) is 1. The van der Waals surface area contributed by atoms with Crippen molar-refractivity contribution in [2.24, 2.45) is 0 Å². The van der Waals surface area contributed by atoms with Gasteiger partial charge in [-0.15, -0.1) is 0 Å². The Morgan fingerprint density at radius 3 is 2.55 bits per heavy atom. The van der Waals surface area contributed by atoms with Gasteiger partial charge in [-0.3, -0.25) is 4.55 Å². The summed E-state index contributed by atoms with van der Waals surface area (Å²) in [6, 6.07) is 16.0. The molecular formula is C22H26NO5S+. The van der Waals surface area contributed by atoms with Crippen LogP contribution in [0.25, 0.3) is 28.3 Å². The van der Waals surface area contributed by atoms with Gasteiger partial charge in [0.1, 0.15) is 5.76 Å². The average molecular weight is 417 g/mol. The lowest BCUT2D eigenvalue weighted by atomic mass is 10.1. The monoisotopic (exact) mass is 416 g/mol. The summed E-state index contributed by atoms with van der Waals surface area (Å²) >= 11 is 0. The highest BCUT2D eigenvalue weighted by atomic mass is 32.2. The third-order valence-corrected chi connectivity index (χ3v) is 5.39. The van der Waals surface area contributed by atoms with Crippen LogP contribution in [0, 0.1) is 0 Å². The van der Waals surface area contributed by atoms with Gasteiger partial charge in [0.05, 0.1) is 18.4 Å². The van der Waals surface area contributed by atoms with E-state index in [1.54, 1.807) is 0 Å². The van der Waals surface area contributed by atoms with Crippen molar-refractivity contribution in [1.29, 1.82) is 0 Å². The molecule has 0 aliphatic heterocycles. The van der Waals surface area contributed by atoms with Crippen LogP contribution in [0.3, 0.4) is 0 Å². The Morgan fingerprint density at radius 1 is 1.14 bits per heavy atom. The maximum absolute atomic E-state index is 11.1. The standard InChI is InChI=1S/C22H25NO5S/c1-3-19(27-4-2)16-22-23(13-8-14-29(24,25)26)20-15-18(11-12-21(20)28-22)17-9-6-5-7-10-17/h5-7,9-12,15-16H,3-4,8,13-14H2,1-2H3/p+1/b19-16+. The molecule has 7 heteroatoms. The van der Waals surface area contributed by atoms with Crippen molar-refractivity contribution < 1.29 is 26.7 Å². The number of oxazole rings is 1. The smallest absolute Gasteiger partial charge is 0.377 e. The molecule has 0 spiro atoms. The number of ether oxygens (including phenoxy) is 1. The number of nitrogens with zero attached hydrogens (tertiary/aromatic N) is 1. The second-order valence-corrected chi connectivity index (χ2v) is 8.25. The molecule has 0 amide bonds. The molecule has 0 bridgehead atoms. The second kappa shape index (κ2) is 9.24. The lowest BCUT2D eigenvalue weighted by Gasteiger charge is -2.03. The van der Waals surface area contributed by atoms with Gasteiger partial charge in [0.25, 0.3) is 15.6 Å². The minimum atomic E-state index is -4.01. The van der Waals surface area contributed by atoms with E-state index in [2.05, 4.69) is 0 Å². The van der Waals surface area contributed by atoms with E-state index in [-0.39, 0.29) is 12.2 Å². The number of allylic oxidation sites excluding steroid dienone is 1. The Balaban J connectivity index is 2.07. The number of benzene rings is 2. The summed E-state index contributed by atoms with van der Waals surface area (Å²) < 4.78 is 45.0. The number of fused-ring (bicyclic) bond motifs is 1. The van der Waals surface area contributed by atoms with Crippen LogP contribution in [0.1, 0.15) is 32.6 Å². The Bertz CT molecular complexity index is 1100. The fourth-order valence-corrected chi connectivity index (χ4v) is 3.72. The third-order valence-electron chi connectivity index (χ3n) is 4.58. The van der Waals surface area contributed by atoms with E-state index >= 15 is 0 Å². The summed E-state index contributed by atoms with van der Waals surface area (Å²) in [5.74, 6) is 1.07. The van der Waals surface area contributed by atoms with Crippen molar-refractivity contribution in [3.8, 4) is 11.1 Å². The zero-order chi connectivity index (χ0) is 20.9. The van der Waals surface area contributed by atoms with Gasteiger partial charge in [0.15, 0.2) is 6.54 Å². The largest absolute Gasteiger partial charge is 0.498 e. The summed E-state index contributed by atoms with van der Waals surface area (Å²) in [6.45, 7) is 4.87. The highest BCUT2D eigenvalue weighted by Gasteiger charge is 2.23. The first-order valence-corrected chi connectivity index (χ1v) is 11.3. The average Bonchev–Trinajstić information content (AvgIpc) is 3.04. The van der Waals surface area contributed by atoms with E-state index in [1.807, 2.05) is 73.0 Å². The van der Waals surface area contributed by atoms with E-state index in [9.17, 15) is 8.42 Å². The predicted octanol–water partition coefficient (Wildman–Crippen LogP) is 4.45. The fraction of sp³-hybridized carbons (Fsp3) is 0.318. The van der Waals surface area contributed by atoms with E-state index in [1.165, 1.54) is 0 Å². The SMILES string of the molecule is CCO/C(=C/c1oc2ccc(-c3ccccc3)cc2[n+]1CCCS(=O)(=O)O)CC. The quantitative estimate of drug-likeness (QED) is 0.317. The van der Waals surface area contributed by atoms with Gasteiger partial charge >= 0.3 is 5.89 Å². The topological polar surface area (TPSA) is 80.6 Å². The molecule has 1 N–H and O–H groups in total. The van der Waals surface area contributed by atoms with Gasteiger partial charge in [0, 0.05) is 18.9 Å². The summed E-state index contributed by atoms with van der Waals surface area (Å²) in [7, 11) is -4.01. The van der Waals surface area contributed by atoms with Crippen LogP contribution in [0.4, 0.5) is 0 Å². The minimum Gasteiger partial charge on any atom is -0.498 e. The molecule has 0 radical (unpaired) electrons. The minimum absolute atomic E-state index is 0.268. The highest BCUT2D eigenvalue weighted by Crippen LogP contribution is 2.25.